The summed E-state index contributed by atoms with van der Waals surface area (Å²) in [4.78, 5) is 0. The van der Waals surface area contributed by atoms with E-state index in [-0.39, 0.29) is 28.5 Å². The van der Waals surface area contributed by atoms with Gasteiger partial charge in [-0.2, -0.15) is 0 Å². The van der Waals surface area contributed by atoms with Gasteiger partial charge in [0.05, 0.1) is 0 Å². The van der Waals surface area contributed by atoms with Crippen molar-refractivity contribution in [2.45, 2.75) is 0 Å². The second-order valence-electron chi connectivity index (χ2n) is 1.78. The number of hydrogen-bond acceptors (Lipinski definition) is 2. The van der Waals surface area contributed by atoms with Crippen LogP contribution >= 0.6 is 0 Å². The van der Waals surface area contributed by atoms with Crippen LogP contribution in [0, 0.1) is 7.43 Å². The Kier molecular flexibility index (Phi) is 8.08. The molecule has 60 valence electrons. The first-order chi connectivity index (χ1) is 4.30. The molecule has 0 bridgehead atoms. The van der Waals surface area contributed by atoms with Gasteiger partial charge < -0.3 is 17.5 Å². The van der Waals surface area contributed by atoms with Crippen LogP contribution in [0.3, 0.4) is 0 Å². The summed E-state index contributed by atoms with van der Waals surface area (Å²) in [6.07, 6.45) is 0. The minimum absolute atomic E-state index is 0. The molecule has 11 heavy (non-hydrogen) atoms. The molecular formula is C7H10BO2W-. The normalized spacial score (nSPS) is 7.45. The summed E-state index contributed by atoms with van der Waals surface area (Å²) in [7, 11) is -1.34. The monoisotopic (exact) mass is 321 g/mol. The molecule has 0 saturated carbocycles. The van der Waals surface area contributed by atoms with Gasteiger partial charge in [-0.05, 0) is 5.46 Å². The summed E-state index contributed by atoms with van der Waals surface area (Å²) in [5, 5.41) is 17.2. The molecule has 0 radical (unpaired) electrons. The molecule has 2 N–H and O–H groups in total. The van der Waals surface area contributed by atoms with Gasteiger partial charge in [-0.1, -0.05) is 30.3 Å². The molecule has 0 aliphatic heterocycles. The van der Waals surface area contributed by atoms with Gasteiger partial charge in [0.25, 0.3) is 0 Å². The van der Waals surface area contributed by atoms with E-state index < -0.39 is 7.12 Å². The van der Waals surface area contributed by atoms with Gasteiger partial charge in [0, 0.05) is 21.1 Å². The Morgan fingerprint density at radius 1 is 1.00 bits per heavy atom. The van der Waals surface area contributed by atoms with E-state index in [2.05, 4.69) is 0 Å². The van der Waals surface area contributed by atoms with E-state index in [9.17, 15) is 0 Å². The zero-order valence-electron chi connectivity index (χ0n) is 6.27. The SMILES string of the molecule is OB(O)c1ccccc1.[CH3-].[W]. The third kappa shape index (κ3) is 4.36. The second-order valence-corrected chi connectivity index (χ2v) is 1.78. The molecule has 0 spiro atoms. The Labute approximate surface area is 81.7 Å². The van der Waals surface area contributed by atoms with Crippen molar-refractivity contribution >= 4 is 12.6 Å². The van der Waals surface area contributed by atoms with Gasteiger partial charge in [-0.3, -0.25) is 0 Å². The van der Waals surface area contributed by atoms with Crippen molar-refractivity contribution in [1.82, 2.24) is 0 Å². The van der Waals surface area contributed by atoms with Crippen molar-refractivity contribution < 1.29 is 31.1 Å². The summed E-state index contributed by atoms with van der Waals surface area (Å²) >= 11 is 0. The van der Waals surface area contributed by atoms with Gasteiger partial charge >= 0.3 is 7.12 Å². The van der Waals surface area contributed by atoms with Gasteiger partial charge in [0.1, 0.15) is 0 Å². The maximum absolute atomic E-state index is 8.58. The van der Waals surface area contributed by atoms with Crippen LogP contribution in [0.5, 0.6) is 0 Å². The van der Waals surface area contributed by atoms with Gasteiger partial charge in [-0.15, -0.1) is 0 Å². The Morgan fingerprint density at radius 3 is 1.73 bits per heavy atom. The molecule has 0 unspecified atom stereocenters. The molecule has 0 aromatic heterocycles. The van der Waals surface area contributed by atoms with E-state index in [0.717, 1.165) is 0 Å². The van der Waals surface area contributed by atoms with Crippen molar-refractivity contribution in [1.29, 1.82) is 0 Å². The summed E-state index contributed by atoms with van der Waals surface area (Å²) in [6, 6.07) is 8.66. The fourth-order valence-corrected chi connectivity index (χ4v) is 0.625. The van der Waals surface area contributed by atoms with Crippen LogP contribution in [0.4, 0.5) is 0 Å². The Balaban J connectivity index is 0. The average Bonchev–Trinajstić information content (AvgIpc) is 1.90. The zero-order valence-corrected chi connectivity index (χ0v) is 9.20. The quantitative estimate of drug-likeness (QED) is 0.556. The van der Waals surface area contributed by atoms with E-state index in [1.807, 2.05) is 6.07 Å². The molecule has 0 aliphatic carbocycles. The number of hydrogen-bond donors (Lipinski definition) is 2. The first-order valence-electron chi connectivity index (χ1n) is 2.72. The minimum Gasteiger partial charge on any atom is -0.423 e. The molecule has 1 aromatic rings. The van der Waals surface area contributed by atoms with Crippen LogP contribution in [0.1, 0.15) is 0 Å². The van der Waals surface area contributed by atoms with Crippen LogP contribution < -0.4 is 5.46 Å². The van der Waals surface area contributed by atoms with E-state index in [0.29, 0.717) is 5.46 Å². The molecule has 1 aromatic carbocycles. The Hall–Kier alpha value is -0.107. The van der Waals surface area contributed by atoms with Gasteiger partial charge in [0.2, 0.25) is 0 Å². The van der Waals surface area contributed by atoms with Crippen LogP contribution in [0.25, 0.3) is 0 Å². The molecule has 2 nitrogen and oxygen atoms in total. The summed E-state index contributed by atoms with van der Waals surface area (Å²) in [5.41, 5.74) is 0.525. The first-order valence-corrected chi connectivity index (χ1v) is 2.72. The smallest absolute Gasteiger partial charge is 0.423 e. The molecule has 0 heterocycles. The summed E-state index contributed by atoms with van der Waals surface area (Å²) in [5.74, 6) is 0. The first kappa shape index (κ1) is 13.5. The topological polar surface area (TPSA) is 40.5 Å². The fourth-order valence-electron chi connectivity index (χ4n) is 0.625. The van der Waals surface area contributed by atoms with Crippen LogP contribution in [-0.4, -0.2) is 17.2 Å². The molecule has 4 heteroatoms. The number of benzene rings is 1. The molecular weight excluding hydrogens is 311 g/mol. The Morgan fingerprint density at radius 2 is 1.45 bits per heavy atom. The van der Waals surface area contributed by atoms with Crippen LogP contribution in [0.15, 0.2) is 30.3 Å². The van der Waals surface area contributed by atoms with E-state index >= 15 is 0 Å². The maximum Gasteiger partial charge on any atom is 0.488 e. The van der Waals surface area contributed by atoms with Crippen molar-refractivity contribution in [2.24, 2.45) is 0 Å². The van der Waals surface area contributed by atoms with E-state index in [1.54, 1.807) is 24.3 Å². The van der Waals surface area contributed by atoms with Gasteiger partial charge in [-0.25, -0.2) is 0 Å². The average molecular weight is 321 g/mol. The molecule has 0 atom stereocenters. The second kappa shape index (κ2) is 6.59. The largest absolute Gasteiger partial charge is 0.488 e. The van der Waals surface area contributed by atoms with Crippen molar-refractivity contribution in [3.8, 4) is 0 Å². The zero-order chi connectivity index (χ0) is 6.69. The predicted molar refractivity (Wildman–Crippen MR) is 42.7 cm³/mol. The third-order valence-electron chi connectivity index (χ3n) is 1.10. The van der Waals surface area contributed by atoms with E-state index in [1.165, 1.54) is 0 Å². The van der Waals surface area contributed by atoms with Crippen molar-refractivity contribution in [3.05, 3.63) is 37.8 Å². The van der Waals surface area contributed by atoms with Crippen LogP contribution in [-0.2, 0) is 21.1 Å². The van der Waals surface area contributed by atoms with Crippen molar-refractivity contribution in [2.75, 3.05) is 0 Å². The summed E-state index contributed by atoms with van der Waals surface area (Å²) < 4.78 is 0. The summed E-state index contributed by atoms with van der Waals surface area (Å²) in [6.45, 7) is 0. The Bertz CT molecular complexity index is 179. The third-order valence-corrected chi connectivity index (χ3v) is 1.10. The molecule has 0 saturated heterocycles. The predicted octanol–water partition coefficient (Wildman–Crippen LogP) is -0.186. The fraction of sp³-hybridized carbons (Fsp3) is 0. The molecule has 0 amide bonds. The van der Waals surface area contributed by atoms with E-state index in [4.69, 9.17) is 10.0 Å². The molecule has 0 fully saturated rings. The minimum atomic E-state index is -1.34. The standard InChI is InChI=1S/C6H7BO2.CH3.W/c8-7(9)6-4-2-1-3-5-6;;/h1-5,8-9H;1H3;/q;-1;. The number of rotatable bonds is 1. The molecule has 1 rings (SSSR count). The van der Waals surface area contributed by atoms with Crippen LogP contribution in [0.2, 0.25) is 0 Å². The van der Waals surface area contributed by atoms with Gasteiger partial charge in [0.15, 0.2) is 0 Å². The maximum atomic E-state index is 8.58. The van der Waals surface area contributed by atoms with Crippen molar-refractivity contribution in [3.63, 3.8) is 0 Å². The molecule has 0 aliphatic rings.